The van der Waals surface area contributed by atoms with E-state index in [2.05, 4.69) is 20.7 Å². The second-order valence-corrected chi connectivity index (χ2v) is 2.98. The van der Waals surface area contributed by atoms with Crippen LogP contribution in [0.1, 0.15) is 5.82 Å². The van der Waals surface area contributed by atoms with Crippen molar-refractivity contribution in [1.29, 1.82) is 0 Å². The van der Waals surface area contributed by atoms with Crippen molar-refractivity contribution in [2.24, 2.45) is 0 Å². The predicted octanol–water partition coefficient (Wildman–Crippen LogP) is 0.521. The van der Waals surface area contributed by atoms with Crippen LogP contribution in [0.2, 0.25) is 0 Å². The highest BCUT2D eigenvalue weighted by Gasteiger charge is 2.07. The van der Waals surface area contributed by atoms with Crippen molar-refractivity contribution in [3.05, 3.63) is 35.9 Å². The van der Waals surface area contributed by atoms with E-state index in [1.165, 1.54) is 10.9 Å². The molecule has 0 aliphatic heterocycles. The molecule has 2 rings (SSSR count). The van der Waals surface area contributed by atoms with Gasteiger partial charge in [-0.15, -0.1) is 15.0 Å². The molecule has 0 aliphatic rings. The third-order valence-electron chi connectivity index (χ3n) is 1.86. The van der Waals surface area contributed by atoms with Crippen molar-refractivity contribution < 1.29 is 4.39 Å². The first-order valence-electron chi connectivity index (χ1n) is 4.49. The highest BCUT2D eigenvalue weighted by atomic mass is 19.1. The summed E-state index contributed by atoms with van der Waals surface area (Å²) >= 11 is 0. The monoisotopic (exact) mass is 207 g/mol. The van der Waals surface area contributed by atoms with Crippen molar-refractivity contribution in [3.63, 3.8) is 0 Å². The number of nitrogens with zero attached hydrogens (tertiary/aromatic N) is 4. The van der Waals surface area contributed by atoms with Gasteiger partial charge in [0.25, 0.3) is 0 Å². The molecule has 0 spiro atoms. The highest BCUT2D eigenvalue weighted by molar-refractivity contribution is 5.30. The molecular weight excluding hydrogens is 197 g/mol. The van der Waals surface area contributed by atoms with Gasteiger partial charge in [0.1, 0.15) is 5.69 Å². The summed E-state index contributed by atoms with van der Waals surface area (Å²) in [7, 11) is 1.78. The van der Waals surface area contributed by atoms with Crippen LogP contribution >= 0.6 is 0 Å². The molecule has 6 heteroatoms. The minimum atomic E-state index is -0.370. The average molecular weight is 207 g/mol. The Labute approximate surface area is 85.9 Å². The summed E-state index contributed by atoms with van der Waals surface area (Å²) in [5.74, 6) is 0.159. The number of tetrazole rings is 1. The summed E-state index contributed by atoms with van der Waals surface area (Å²) in [6, 6.07) is 6.29. The highest BCUT2D eigenvalue weighted by Crippen LogP contribution is 2.09. The van der Waals surface area contributed by atoms with Crippen molar-refractivity contribution >= 4 is 0 Å². The van der Waals surface area contributed by atoms with Gasteiger partial charge >= 0.3 is 0 Å². The van der Waals surface area contributed by atoms with E-state index in [-0.39, 0.29) is 5.82 Å². The van der Waals surface area contributed by atoms with Gasteiger partial charge < -0.3 is 5.32 Å². The van der Waals surface area contributed by atoms with E-state index < -0.39 is 0 Å². The first-order valence-corrected chi connectivity index (χ1v) is 4.49. The molecule has 0 saturated carbocycles. The molecule has 1 aromatic heterocycles. The SMILES string of the molecule is CNCc1nnn(-c2ccccc2F)n1. The second kappa shape index (κ2) is 4.14. The molecule has 5 nitrogen and oxygen atoms in total. The number of para-hydroxylation sites is 1. The van der Waals surface area contributed by atoms with Crippen LogP contribution in [0.25, 0.3) is 5.69 Å². The van der Waals surface area contributed by atoms with Crippen LogP contribution < -0.4 is 5.32 Å². The fourth-order valence-corrected chi connectivity index (χ4v) is 1.19. The molecule has 0 radical (unpaired) electrons. The van der Waals surface area contributed by atoms with Gasteiger partial charge in [0.2, 0.25) is 0 Å². The van der Waals surface area contributed by atoms with Crippen LogP contribution in [0.3, 0.4) is 0 Å². The standard InChI is InChI=1S/C9H10FN5/c1-11-6-9-12-14-15(13-9)8-5-3-2-4-7(8)10/h2-5,11H,6H2,1H3. The number of nitrogens with one attached hydrogen (secondary N) is 1. The molecule has 2 aromatic rings. The molecule has 0 aliphatic carbocycles. The molecule has 0 fully saturated rings. The smallest absolute Gasteiger partial charge is 0.188 e. The van der Waals surface area contributed by atoms with Crippen molar-refractivity contribution in [1.82, 2.24) is 25.5 Å². The Morgan fingerprint density at radius 2 is 2.20 bits per heavy atom. The van der Waals surface area contributed by atoms with Crippen molar-refractivity contribution in [3.8, 4) is 5.69 Å². The molecule has 0 atom stereocenters. The fraction of sp³-hybridized carbons (Fsp3) is 0.222. The second-order valence-electron chi connectivity index (χ2n) is 2.98. The maximum Gasteiger partial charge on any atom is 0.188 e. The lowest BCUT2D eigenvalue weighted by Gasteiger charge is -1.98. The van der Waals surface area contributed by atoms with E-state index in [0.717, 1.165) is 0 Å². The average Bonchev–Trinajstić information content (AvgIpc) is 2.68. The van der Waals surface area contributed by atoms with E-state index in [0.29, 0.717) is 18.1 Å². The predicted molar refractivity (Wildman–Crippen MR) is 51.9 cm³/mol. The summed E-state index contributed by atoms with van der Waals surface area (Å²) in [5, 5.41) is 14.5. The Balaban J connectivity index is 2.33. The lowest BCUT2D eigenvalue weighted by Crippen LogP contribution is -2.07. The number of benzene rings is 1. The molecule has 1 heterocycles. The van der Waals surface area contributed by atoms with Gasteiger partial charge in [0, 0.05) is 0 Å². The first kappa shape index (κ1) is 9.72. The zero-order valence-electron chi connectivity index (χ0n) is 8.18. The fourth-order valence-electron chi connectivity index (χ4n) is 1.19. The third-order valence-corrected chi connectivity index (χ3v) is 1.86. The van der Waals surface area contributed by atoms with E-state index >= 15 is 0 Å². The molecule has 0 saturated heterocycles. The van der Waals surface area contributed by atoms with Crippen molar-refractivity contribution in [2.75, 3.05) is 7.05 Å². The molecule has 0 unspecified atom stereocenters. The minimum Gasteiger partial charge on any atom is -0.313 e. The topological polar surface area (TPSA) is 55.6 Å². The summed E-state index contributed by atoms with van der Waals surface area (Å²) < 4.78 is 13.3. The van der Waals surface area contributed by atoms with Crippen LogP contribution in [0, 0.1) is 5.82 Å². The van der Waals surface area contributed by atoms with Crippen LogP contribution in [-0.2, 0) is 6.54 Å². The molecule has 0 amide bonds. The maximum absolute atomic E-state index is 13.3. The van der Waals surface area contributed by atoms with E-state index in [4.69, 9.17) is 0 Å². The molecule has 0 bridgehead atoms. The normalized spacial score (nSPS) is 10.5. The van der Waals surface area contributed by atoms with Crippen LogP contribution in [0.5, 0.6) is 0 Å². The molecule has 1 N–H and O–H groups in total. The van der Waals surface area contributed by atoms with Gasteiger partial charge in [-0.05, 0) is 24.4 Å². The third kappa shape index (κ3) is 1.99. The molecule has 15 heavy (non-hydrogen) atoms. The first-order chi connectivity index (χ1) is 7.31. The quantitative estimate of drug-likeness (QED) is 0.797. The lowest BCUT2D eigenvalue weighted by atomic mass is 10.3. The van der Waals surface area contributed by atoms with Gasteiger partial charge in [-0.3, -0.25) is 0 Å². The zero-order valence-corrected chi connectivity index (χ0v) is 8.18. The Morgan fingerprint density at radius 3 is 2.93 bits per heavy atom. The van der Waals surface area contributed by atoms with Crippen molar-refractivity contribution in [2.45, 2.75) is 6.54 Å². The summed E-state index contributed by atoms with van der Waals surface area (Å²) in [4.78, 5) is 1.18. The van der Waals surface area contributed by atoms with Crippen LogP contribution in [0.4, 0.5) is 4.39 Å². The Morgan fingerprint density at radius 1 is 1.40 bits per heavy atom. The lowest BCUT2D eigenvalue weighted by molar-refractivity contribution is 0.590. The largest absolute Gasteiger partial charge is 0.313 e. The number of aromatic nitrogens is 4. The van der Waals surface area contributed by atoms with E-state index in [9.17, 15) is 4.39 Å². The number of rotatable bonds is 3. The van der Waals surface area contributed by atoms with Gasteiger partial charge in [-0.1, -0.05) is 12.1 Å². The number of hydrogen-bond donors (Lipinski definition) is 1. The number of halogens is 1. The van der Waals surface area contributed by atoms with E-state index in [1.807, 2.05) is 0 Å². The Kier molecular flexibility index (Phi) is 2.68. The van der Waals surface area contributed by atoms with Crippen LogP contribution in [-0.4, -0.2) is 27.3 Å². The van der Waals surface area contributed by atoms with Gasteiger partial charge in [-0.25, -0.2) is 4.39 Å². The Bertz CT molecular complexity index is 453. The minimum absolute atomic E-state index is 0.298. The zero-order chi connectivity index (χ0) is 10.7. The Hall–Kier alpha value is -1.82. The number of hydrogen-bond acceptors (Lipinski definition) is 4. The van der Waals surface area contributed by atoms with Crippen LogP contribution in [0.15, 0.2) is 24.3 Å². The summed E-state index contributed by atoms with van der Waals surface area (Å²) in [6.07, 6.45) is 0. The van der Waals surface area contributed by atoms with E-state index in [1.54, 1.807) is 25.2 Å². The molecule has 78 valence electrons. The maximum atomic E-state index is 13.3. The van der Waals surface area contributed by atoms with Gasteiger partial charge in [0.15, 0.2) is 11.6 Å². The molecular formula is C9H10FN5. The van der Waals surface area contributed by atoms with Gasteiger partial charge in [0.05, 0.1) is 6.54 Å². The summed E-state index contributed by atoms with van der Waals surface area (Å²) in [6.45, 7) is 0.508. The summed E-state index contributed by atoms with van der Waals surface area (Å²) in [5.41, 5.74) is 0.298. The molecule has 1 aromatic carbocycles. The van der Waals surface area contributed by atoms with Gasteiger partial charge in [-0.2, -0.15) is 0 Å².